The van der Waals surface area contributed by atoms with Crippen LogP contribution in [0, 0.1) is 0 Å². The molecule has 0 spiro atoms. The molecule has 0 aromatic carbocycles. The Bertz CT molecular complexity index is 135. The van der Waals surface area contributed by atoms with Crippen molar-refractivity contribution in [3.63, 3.8) is 0 Å². The lowest BCUT2D eigenvalue weighted by Gasteiger charge is -2.15. The van der Waals surface area contributed by atoms with E-state index < -0.39 is 0 Å². The predicted molar refractivity (Wildman–Crippen MR) is 57.5 cm³/mol. The van der Waals surface area contributed by atoms with E-state index >= 15 is 0 Å². The van der Waals surface area contributed by atoms with Gasteiger partial charge in [0, 0.05) is 19.3 Å². The molecule has 0 bridgehead atoms. The van der Waals surface area contributed by atoms with Gasteiger partial charge in [-0.15, -0.1) is 0 Å². The van der Waals surface area contributed by atoms with E-state index in [0.717, 1.165) is 32.8 Å². The number of ether oxygens (including phenoxy) is 2. The summed E-state index contributed by atoms with van der Waals surface area (Å²) in [5, 5.41) is 3.44. The van der Waals surface area contributed by atoms with Crippen molar-refractivity contribution in [1.29, 1.82) is 0 Å². The van der Waals surface area contributed by atoms with Gasteiger partial charge in [-0.3, -0.25) is 0 Å². The van der Waals surface area contributed by atoms with E-state index in [4.69, 9.17) is 9.47 Å². The third-order valence-corrected chi connectivity index (χ3v) is 2.56. The summed E-state index contributed by atoms with van der Waals surface area (Å²) < 4.78 is 10.9. The molecular formula is C11H23NO2. The lowest BCUT2D eigenvalue weighted by Crippen LogP contribution is -2.32. The average Bonchev–Trinajstić information content (AvgIpc) is 2.67. The Labute approximate surface area is 87.2 Å². The van der Waals surface area contributed by atoms with Crippen LogP contribution >= 0.6 is 0 Å². The summed E-state index contributed by atoms with van der Waals surface area (Å²) in [7, 11) is 0. The highest BCUT2D eigenvalue weighted by Gasteiger charge is 2.14. The van der Waals surface area contributed by atoms with Crippen LogP contribution in [0.5, 0.6) is 0 Å². The highest BCUT2D eigenvalue weighted by atomic mass is 16.5. The van der Waals surface area contributed by atoms with Crippen LogP contribution in [0.2, 0.25) is 0 Å². The van der Waals surface area contributed by atoms with Crippen LogP contribution in [-0.2, 0) is 9.47 Å². The molecule has 2 atom stereocenters. The normalized spacial score (nSPS) is 24.0. The maximum atomic E-state index is 5.54. The Hall–Kier alpha value is -0.120. The lowest BCUT2D eigenvalue weighted by atomic mass is 10.2. The highest BCUT2D eigenvalue weighted by molar-refractivity contribution is 4.67. The molecule has 1 heterocycles. The summed E-state index contributed by atoms with van der Waals surface area (Å²) in [6, 6.07) is 0.455. The molecule has 0 amide bonds. The number of nitrogens with one attached hydrogen (secondary N) is 1. The summed E-state index contributed by atoms with van der Waals surface area (Å²) in [5.41, 5.74) is 0. The van der Waals surface area contributed by atoms with E-state index in [1.54, 1.807) is 0 Å². The molecule has 0 aliphatic carbocycles. The molecule has 1 fully saturated rings. The predicted octanol–water partition coefficient (Wildman–Crippen LogP) is 1.57. The average molecular weight is 201 g/mol. The molecule has 0 saturated carbocycles. The summed E-state index contributed by atoms with van der Waals surface area (Å²) in [6.45, 7) is 7.79. The van der Waals surface area contributed by atoms with E-state index in [1.807, 2.05) is 6.92 Å². The van der Waals surface area contributed by atoms with Crippen molar-refractivity contribution in [1.82, 2.24) is 5.32 Å². The maximum Gasteiger partial charge on any atom is 0.0616 e. The Morgan fingerprint density at radius 3 is 3.07 bits per heavy atom. The second-order valence-electron chi connectivity index (χ2n) is 3.94. The third-order valence-electron chi connectivity index (χ3n) is 2.56. The van der Waals surface area contributed by atoms with Crippen LogP contribution in [0.3, 0.4) is 0 Å². The molecule has 0 aromatic heterocycles. The molecule has 84 valence electrons. The summed E-state index contributed by atoms with van der Waals surface area (Å²) in [6.07, 6.45) is 4.11. The van der Waals surface area contributed by atoms with Crippen LogP contribution in [0.1, 0.15) is 33.1 Å². The van der Waals surface area contributed by atoms with Crippen LogP contribution in [-0.4, -0.2) is 38.5 Å². The SMILES string of the molecule is CCOCC(C)NCCC1CCCO1. The molecule has 1 N–H and O–H groups in total. The smallest absolute Gasteiger partial charge is 0.0616 e. The van der Waals surface area contributed by atoms with E-state index in [-0.39, 0.29) is 0 Å². The topological polar surface area (TPSA) is 30.5 Å². The zero-order valence-electron chi connectivity index (χ0n) is 9.42. The molecule has 3 nitrogen and oxygen atoms in total. The van der Waals surface area contributed by atoms with Gasteiger partial charge in [0.05, 0.1) is 12.7 Å². The van der Waals surface area contributed by atoms with Gasteiger partial charge in [0.25, 0.3) is 0 Å². The molecule has 1 aliphatic heterocycles. The number of hydrogen-bond acceptors (Lipinski definition) is 3. The Kier molecular flexibility index (Phi) is 6.15. The van der Waals surface area contributed by atoms with Gasteiger partial charge in [-0.2, -0.15) is 0 Å². The first-order chi connectivity index (χ1) is 6.83. The maximum absolute atomic E-state index is 5.54. The van der Waals surface area contributed by atoms with Crippen LogP contribution < -0.4 is 5.32 Å². The van der Waals surface area contributed by atoms with Crippen molar-refractivity contribution in [2.45, 2.75) is 45.3 Å². The first kappa shape index (κ1) is 12.0. The molecular weight excluding hydrogens is 178 g/mol. The molecule has 0 radical (unpaired) electrons. The van der Waals surface area contributed by atoms with Gasteiger partial charge in [0.15, 0.2) is 0 Å². The monoisotopic (exact) mass is 201 g/mol. The minimum absolute atomic E-state index is 0.455. The van der Waals surface area contributed by atoms with Gasteiger partial charge in [-0.05, 0) is 39.7 Å². The largest absolute Gasteiger partial charge is 0.380 e. The number of hydrogen-bond donors (Lipinski definition) is 1. The minimum atomic E-state index is 0.455. The molecule has 1 rings (SSSR count). The molecule has 3 heteroatoms. The van der Waals surface area contributed by atoms with E-state index in [1.165, 1.54) is 12.8 Å². The molecule has 14 heavy (non-hydrogen) atoms. The van der Waals surface area contributed by atoms with Gasteiger partial charge in [-0.25, -0.2) is 0 Å². The van der Waals surface area contributed by atoms with Gasteiger partial charge in [0.1, 0.15) is 0 Å². The Morgan fingerprint density at radius 2 is 2.43 bits per heavy atom. The van der Waals surface area contributed by atoms with Gasteiger partial charge in [0.2, 0.25) is 0 Å². The van der Waals surface area contributed by atoms with E-state index in [0.29, 0.717) is 12.1 Å². The fourth-order valence-electron chi connectivity index (χ4n) is 1.72. The Morgan fingerprint density at radius 1 is 1.57 bits per heavy atom. The lowest BCUT2D eigenvalue weighted by molar-refractivity contribution is 0.0986. The zero-order valence-corrected chi connectivity index (χ0v) is 9.42. The van der Waals surface area contributed by atoms with Gasteiger partial charge < -0.3 is 14.8 Å². The van der Waals surface area contributed by atoms with Crippen molar-refractivity contribution in [2.24, 2.45) is 0 Å². The quantitative estimate of drug-likeness (QED) is 0.678. The van der Waals surface area contributed by atoms with Crippen LogP contribution in [0.25, 0.3) is 0 Å². The van der Waals surface area contributed by atoms with Crippen molar-refractivity contribution in [3.05, 3.63) is 0 Å². The van der Waals surface area contributed by atoms with Crippen molar-refractivity contribution < 1.29 is 9.47 Å². The highest BCUT2D eigenvalue weighted by Crippen LogP contribution is 2.14. The Balaban J connectivity index is 1.91. The second-order valence-corrected chi connectivity index (χ2v) is 3.94. The second kappa shape index (κ2) is 7.21. The summed E-state index contributed by atoms with van der Waals surface area (Å²) >= 11 is 0. The minimum Gasteiger partial charge on any atom is -0.380 e. The van der Waals surface area contributed by atoms with Gasteiger partial charge >= 0.3 is 0 Å². The van der Waals surface area contributed by atoms with Crippen molar-refractivity contribution in [3.8, 4) is 0 Å². The van der Waals surface area contributed by atoms with Crippen molar-refractivity contribution >= 4 is 0 Å². The summed E-state index contributed by atoms with van der Waals surface area (Å²) in [4.78, 5) is 0. The fraction of sp³-hybridized carbons (Fsp3) is 1.00. The van der Waals surface area contributed by atoms with Crippen LogP contribution in [0.15, 0.2) is 0 Å². The first-order valence-corrected chi connectivity index (χ1v) is 5.75. The molecule has 1 saturated heterocycles. The zero-order chi connectivity index (χ0) is 10.2. The van der Waals surface area contributed by atoms with E-state index in [2.05, 4.69) is 12.2 Å². The van der Waals surface area contributed by atoms with Gasteiger partial charge in [-0.1, -0.05) is 0 Å². The standard InChI is InChI=1S/C11H23NO2/c1-3-13-9-10(2)12-7-6-11-5-4-8-14-11/h10-12H,3-9H2,1-2H3. The van der Waals surface area contributed by atoms with Crippen LogP contribution in [0.4, 0.5) is 0 Å². The molecule has 1 aliphatic rings. The third kappa shape index (κ3) is 4.94. The summed E-state index contributed by atoms with van der Waals surface area (Å²) in [5.74, 6) is 0. The van der Waals surface area contributed by atoms with Crippen molar-refractivity contribution in [2.75, 3.05) is 26.4 Å². The molecule has 2 unspecified atom stereocenters. The van der Waals surface area contributed by atoms with E-state index in [9.17, 15) is 0 Å². The fourth-order valence-corrected chi connectivity index (χ4v) is 1.72. The molecule has 0 aromatic rings. The number of rotatable bonds is 7. The first-order valence-electron chi connectivity index (χ1n) is 5.75.